The summed E-state index contributed by atoms with van der Waals surface area (Å²) in [5.74, 6) is 1.32. The van der Waals surface area contributed by atoms with Crippen LogP contribution in [-0.4, -0.2) is 5.78 Å². The van der Waals surface area contributed by atoms with Gasteiger partial charge < -0.3 is 0 Å². The van der Waals surface area contributed by atoms with Gasteiger partial charge in [-0.05, 0) is 17.9 Å². The minimum absolute atomic E-state index is 0.201. The lowest BCUT2D eigenvalue weighted by Gasteiger charge is -2.13. The van der Waals surface area contributed by atoms with Crippen LogP contribution in [0.3, 0.4) is 0 Å². The minimum Gasteiger partial charge on any atom is -0.299 e. The molecule has 0 bridgehead atoms. The maximum Gasteiger partial charge on any atom is 0.139 e. The summed E-state index contributed by atoms with van der Waals surface area (Å²) in [4.78, 5) is 11.7. The number of Topliss-reactive ketones (excluding diaryl/α,β-unsaturated/α-hetero) is 1. The number of hydrogen-bond donors (Lipinski definition) is 0. The topological polar surface area (TPSA) is 17.1 Å². The molecule has 2 rings (SSSR count). The van der Waals surface area contributed by atoms with Crippen LogP contribution in [0.25, 0.3) is 0 Å². The smallest absolute Gasteiger partial charge is 0.139 e. The fourth-order valence-corrected chi connectivity index (χ4v) is 2.47. The Hall–Kier alpha value is -1.11. The molecule has 0 saturated heterocycles. The molecule has 1 saturated carbocycles. The van der Waals surface area contributed by atoms with Crippen molar-refractivity contribution in [1.82, 2.24) is 0 Å². The van der Waals surface area contributed by atoms with Crippen LogP contribution in [-0.2, 0) is 4.79 Å². The zero-order valence-electron chi connectivity index (χ0n) is 8.73. The Kier molecular flexibility index (Phi) is 2.40. The highest BCUT2D eigenvalue weighted by molar-refractivity contribution is 5.86. The van der Waals surface area contributed by atoms with Gasteiger partial charge in [0.2, 0.25) is 0 Å². The average molecular weight is 188 g/mol. The van der Waals surface area contributed by atoms with Crippen molar-refractivity contribution >= 4 is 5.78 Å². The van der Waals surface area contributed by atoms with Gasteiger partial charge in [0.05, 0.1) is 0 Å². The highest BCUT2D eigenvalue weighted by Gasteiger charge is 2.37. The van der Waals surface area contributed by atoms with Gasteiger partial charge >= 0.3 is 0 Å². The predicted molar refractivity (Wildman–Crippen MR) is 57.1 cm³/mol. The molecule has 1 aliphatic rings. The van der Waals surface area contributed by atoms with Crippen molar-refractivity contribution in [2.75, 3.05) is 0 Å². The van der Waals surface area contributed by atoms with E-state index >= 15 is 0 Å². The predicted octanol–water partition coefficient (Wildman–Crippen LogP) is 3.02. The molecule has 0 heterocycles. The van der Waals surface area contributed by atoms with Crippen molar-refractivity contribution < 1.29 is 4.79 Å². The van der Waals surface area contributed by atoms with Crippen molar-refractivity contribution in [3.63, 3.8) is 0 Å². The normalized spacial score (nSPS) is 32.1. The standard InChI is InChI=1S/C13H16O/c1-9-8-12(10(2)13(9)14)11-6-4-3-5-7-11/h3-7,9-10,12H,8H2,1-2H3. The van der Waals surface area contributed by atoms with E-state index in [1.54, 1.807) is 0 Å². The number of rotatable bonds is 1. The number of benzene rings is 1. The first-order valence-electron chi connectivity index (χ1n) is 5.29. The third kappa shape index (κ3) is 1.47. The first kappa shape index (κ1) is 9.45. The largest absolute Gasteiger partial charge is 0.299 e. The van der Waals surface area contributed by atoms with Crippen LogP contribution in [0.15, 0.2) is 30.3 Å². The molecule has 74 valence electrons. The van der Waals surface area contributed by atoms with Crippen LogP contribution in [0, 0.1) is 11.8 Å². The Morgan fingerprint density at radius 3 is 2.29 bits per heavy atom. The monoisotopic (exact) mass is 188 g/mol. The summed E-state index contributed by atoms with van der Waals surface area (Å²) >= 11 is 0. The average Bonchev–Trinajstić information content (AvgIpc) is 2.47. The van der Waals surface area contributed by atoms with Crippen molar-refractivity contribution in [2.24, 2.45) is 11.8 Å². The summed E-state index contributed by atoms with van der Waals surface area (Å²) < 4.78 is 0. The molecule has 3 atom stereocenters. The molecule has 0 amide bonds. The molecule has 0 radical (unpaired) electrons. The summed E-state index contributed by atoms with van der Waals surface area (Å²) in [6.45, 7) is 4.10. The fraction of sp³-hybridized carbons (Fsp3) is 0.462. The summed E-state index contributed by atoms with van der Waals surface area (Å²) in [5.41, 5.74) is 1.32. The highest BCUT2D eigenvalue weighted by atomic mass is 16.1. The SMILES string of the molecule is CC1CC(c2ccccc2)C(C)C1=O. The van der Waals surface area contributed by atoms with Crippen LogP contribution in [0.2, 0.25) is 0 Å². The van der Waals surface area contributed by atoms with Gasteiger partial charge in [0.25, 0.3) is 0 Å². The van der Waals surface area contributed by atoms with Gasteiger partial charge in [-0.3, -0.25) is 4.79 Å². The maximum atomic E-state index is 11.7. The quantitative estimate of drug-likeness (QED) is 0.662. The van der Waals surface area contributed by atoms with Gasteiger partial charge in [0, 0.05) is 11.8 Å². The lowest BCUT2D eigenvalue weighted by atomic mass is 9.90. The van der Waals surface area contributed by atoms with Gasteiger partial charge in [0.15, 0.2) is 0 Å². The summed E-state index contributed by atoms with van der Waals surface area (Å²) in [7, 11) is 0. The molecule has 0 aromatic heterocycles. The van der Waals surface area contributed by atoms with Gasteiger partial charge in [-0.1, -0.05) is 44.2 Å². The first-order chi connectivity index (χ1) is 6.70. The van der Waals surface area contributed by atoms with Crippen molar-refractivity contribution in [3.8, 4) is 0 Å². The molecule has 0 aliphatic heterocycles. The maximum absolute atomic E-state index is 11.7. The molecule has 1 aliphatic carbocycles. The summed E-state index contributed by atoms with van der Waals surface area (Å²) in [6, 6.07) is 10.4. The summed E-state index contributed by atoms with van der Waals surface area (Å²) in [5, 5.41) is 0. The minimum atomic E-state index is 0.201. The van der Waals surface area contributed by atoms with E-state index in [0.717, 1.165) is 6.42 Å². The lowest BCUT2D eigenvalue weighted by Crippen LogP contribution is -2.11. The third-order valence-corrected chi connectivity index (χ3v) is 3.37. The van der Waals surface area contributed by atoms with Crippen molar-refractivity contribution in [2.45, 2.75) is 26.2 Å². The van der Waals surface area contributed by atoms with E-state index in [9.17, 15) is 4.79 Å². The van der Waals surface area contributed by atoms with Crippen LogP contribution < -0.4 is 0 Å². The Balaban J connectivity index is 2.26. The second kappa shape index (κ2) is 3.56. The van der Waals surface area contributed by atoms with Crippen LogP contribution in [0.1, 0.15) is 31.7 Å². The van der Waals surface area contributed by atoms with E-state index in [4.69, 9.17) is 0 Å². The molecule has 3 unspecified atom stereocenters. The molecule has 0 N–H and O–H groups in total. The lowest BCUT2D eigenvalue weighted by molar-refractivity contribution is -0.123. The Morgan fingerprint density at radius 2 is 1.79 bits per heavy atom. The van der Waals surface area contributed by atoms with E-state index in [1.165, 1.54) is 5.56 Å². The highest BCUT2D eigenvalue weighted by Crippen LogP contribution is 2.39. The molecule has 14 heavy (non-hydrogen) atoms. The third-order valence-electron chi connectivity index (χ3n) is 3.37. The Morgan fingerprint density at radius 1 is 1.14 bits per heavy atom. The van der Waals surface area contributed by atoms with Gasteiger partial charge in [-0.2, -0.15) is 0 Å². The molecule has 1 nitrogen and oxygen atoms in total. The molecular formula is C13H16O. The second-order valence-electron chi connectivity index (χ2n) is 4.34. The molecule has 1 aromatic carbocycles. The van der Waals surface area contributed by atoms with Gasteiger partial charge in [-0.25, -0.2) is 0 Å². The molecule has 0 spiro atoms. The van der Waals surface area contributed by atoms with Crippen molar-refractivity contribution in [1.29, 1.82) is 0 Å². The number of hydrogen-bond acceptors (Lipinski definition) is 1. The van der Waals surface area contributed by atoms with Gasteiger partial charge in [-0.15, -0.1) is 0 Å². The molecule has 1 heteroatoms. The summed E-state index contributed by atoms with van der Waals surface area (Å²) in [6.07, 6.45) is 1.02. The molecule has 1 aromatic rings. The number of carbonyl (C=O) groups excluding carboxylic acids is 1. The van der Waals surface area contributed by atoms with E-state index < -0.39 is 0 Å². The molecular weight excluding hydrogens is 172 g/mol. The fourth-order valence-electron chi connectivity index (χ4n) is 2.47. The van der Waals surface area contributed by atoms with Crippen LogP contribution >= 0.6 is 0 Å². The Bertz CT molecular complexity index is 328. The number of ketones is 1. The zero-order valence-corrected chi connectivity index (χ0v) is 8.73. The van der Waals surface area contributed by atoms with E-state index in [1.807, 2.05) is 13.0 Å². The van der Waals surface area contributed by atoms with Crippen LogP contribution in [0.4, 0.5) is 0 Å². The van der Waals surface area contributed by atoms with E-state index in [0.29, 0.717) is 11.7 Å². The van der Waals surface area contributed by atoms with Gasteiger partial charge in [0.1, 0.15) is 5.78 Å². The van der Waals surface area contributed by atoms with Crippen molar-refractivity contribution in [3.05, 3.63) is 35.9 Å². The van der Waals surface area contributed by atoms with Crippen LogP contribution in [0.5, 0.6) is 0 Å². The second-order valence-corrected chi connectivity index (χ2v) is 4.34. The van der Waals surface area contributed by atoms with E-state index in [2.05, 4.69) is 31.2 Å². The zero-order chi connectivity index (χ0) is 10.1. The Labute approximate surface area is 85.1 Å². The first-order valence-corrected chi connectivity index (χ1v) is 5.29. The molecule has 1 fully saturated rings. The number of carbonyl (C=O) groups is 1. The van der Waals surface area contributed by atoms with E-state index in [-0.39, 0.29) is 11.8 Å².